The molecule has 2 fully saturated rings. The van der Waals surface area contributed by atoms with E-state index in [1.807, 2.05) is 12.3 Å². The van der Waals surface area contributed by atoms with E-state index < -0.39 is 0 Å². The van der Waals surface area contributed by atoms with Gasteiger partial charge in [0.25, 0.3) is 0 Å². The number of nitrogens with zero attached hydrogens (tertiary/aromatic N) is 3. The smallest absolute Gasteiger partial charge is 0.237 e. The summed E-state index contributed by atoms with van der Waals surface area (Å²) < 4.78 is 1.65. The second-order valence-corrected chi connectivity index (χ2v) is 7.71. The first-order valence-electron chi connectivity index (χ1n) is 8.66. The van der Waals surface area contributed by atoms with Crippen LogP contribution in [0.3, 0.4) is 0 Å². The van der Waals surface area contributed by atoms with Crippen LogP contribution in [-0.2, 0) is 11.3 Å². The standard InChI is InChI=1S/C17H20Cl2N6O/c18-13-2-1-12(7-14(13)19)25-9-11(23-24-25)8-21-15-16(26)22-10-17(15)3-5-20-6-4-17/h1-2,7,9,15,20-21H,3-6,8,10H2,(H,22,26). The number of aromatic nitrogens is 3. The highest BCUT2D eigenvalue weighted by atomic mass is 35.5. The molecule has 0 bridgehead atoms. The number of amides is 1. The largest absolute Gasteiger partial charge is 0.354 e. The maximum Gasteiger partial charge on any atom is 0.237 e. The minimum Gasteiger partial charge on any atom is -0.354 e. The zero-order valence-electron chi connectivity index (χ0n) is 14.1. The molecule has 9 heteroatoms. The van der Waals surface area contributed by atoms with E-state index in [9.17, 15) is 4.79 Å². The normalized spacial score (nSPS) is 21.9. The van der Waals surface area contributed by atoms with Crippen LogP contribution in [0.5, 0.6) is 0 Å². The van der Waals surface area contributed by atoms with Crippen molar-refractivity contribution in [3.05, 3.63) is 40.1 Å². The van der Waals surface area contributed by atoms with E-state index in [1.165, 1.54) is 0 Å². The van der Waals surface area contributed by atoms with Gasteiger partial charge < -0.3 is 10.6 Å². The molecule has 3 heterocycles. The molecule has 1 atom stereocenters. The Kier molecular flexibility index (Phi) is 4.88. The predicted molar refractivity (Wildman–Crippen MR) is 99.6 cm³/mol. The van der Waals surface area contributed by atoms with Crippen LogP contribution in [-0.4, -0.2) is 46.6 Å². The van der Waals surface area contributed by atoms with Gasteiger partial charge in [0, 0.05) is 18.5 Å². The summed E-state index contributed by atoms with van der Waals surface area (Å²) in [6.45, 7) is 3.11. The van der Waals surface area contributed by atoms with Crippen molar-refractivity contribution in [1.29, 1.82) is 0 Å². The number of nitrogens with one attached hydrogen (secondary N) is 3. The molecule has 0 saturated carbocycles. The molecule has 2 aliphatic heterocycles. The SMILES string of the molecule is O=C1NCC2(CCNCC2)C1NCc1cn(-c2ccc(Cl)c(Cl)c2)nn1. The lowest BCUT2D eigenvalue weighted by atomic mass is 9.75. The van der Waals surface area contributed by atoms with Crippen LogP contribution in [0.4, 0.5) is 0 Å². The van der Waals surface area contributed by atoms with Crippen LogP contribution in [0.2, 0.25) is 10.0 Å². The zero-order chi connectivity index (χ0) is 18.1. The van der Waals surface area contributed by atoms with E-state index in [0.717, 1.165) is 43.9 Å². The molecular formula is C17H20Cl2N6O. The van der Waals surface area contributed by atoms with E-state index in [1.54, 1.807) is 16.8 Å². The predicted octanol–water partition coefficient (Wildman–Crippen LogP) is 1.53. The van der Waals surface area contributed by atoms with Gasteiger partial charge in [0.1, 0.15) is 0 Å². The van der Waals surface area contributed by atoms with Crippen molar-refractivity contribution < 1.29 is 4.79 Å². The Labute approximate surface area is 161 Å². The number of hydrogen-bond donors (Lipinski definition) is 3. The highest BCUT2D eigenvalue weighted by Gasteiger charge is 2.48. The van der Waals surface area contributed by atoms with Crippen LogP contribution in [0.1, 0.15) is 18.5 Å². The average molecular weight is 395 g/mol. The van der Waals surface area contributed by atoms with Gasteiger partial charge in [-0.15, -0.1) is 5.10 Å². The second kappa shape index (κ2) is 7.15. The third-order valence-electron chi connectivity index (χ3n) is 5.28. The second-order valence-electron chi connectivity index (χ2n) is 6.90. The van der Waals surface area contributed by atoms with Crippen molar-refractivity contribution in [1.82, 2.24) is 30.9 Å². The van der Waals surface area contributed by atoms with Gasteiger partial charge in [-0.05, 0) is 44.1 Å². The van der Waals surface area contributed by atoms with E-state index in [4.69, 9.17) is 23.2 Å². The van der Waals surface area contributed by atoms with E-state index >= 15 is 0 Å². The first-order chi connectivity index (χ1) is 12.6. The minimum absolute atomic E-state index is 0.0119. The van der Waals surface area contributed by atoms with Gasteiger partial charge >= 0.3 is 0 Å². The molecule has 7 nitrogen and oxygen atoms in total. The summed E-state index contributed by atoms with van der Waals surface area (Å²) in [5, 5.41) is 19.1. The molecule has 3 N–H and O–H groups in total. The number of piperidine rings is 1. The molecule has 26 heavy (non-hydrogen) atoms. The van der Waals surface area contributed by atoms with Gasteiger partial charge in [-0.2, -0.15) is 0 Å². The Balaban J connectivity index is 1.45. The highest BCUT2D eigenvalue weighted by molar-refractivity contribution is 6.42. The van der Waals surface area contributed by atoms with Gasteiger partial charge in [0.2, 0.25) is 5.91 Å². The Morgan fingerprint density at radius 1 is 1.27 bits per heavy atom. The van der Waals surface area contributed by atoms with Crippen molar-refractivity contribution in [3.8, 4) is 5.69 Å². The lowest BCUT2D eigenvalue weighted by molar-refractivity contribution is -0.122. The summed E-state index contributed by atoms with van der Waals surface area (Å²) in [7, 11) is 0. The zero-order valence-corrected chi connectivity index (χ0v) is 15.6. The number of carbonyl (C=O) groups is 1. The average Bonchev–Trinajstić information content (AvgIpc) is 3.22. The molecule has 138 valence electrons. The molecule has 1 aromatic carbocycles. The summed E-state index contributed by atoms with van der Waals surface area (Å²) in [5.41, 5.74) is 1.54. The van der Waals surface area contributed by atoms with Crippen LogP contribution >= 0.6 is 23.2 Å². The first-order valence-corrected chi connectivity index (χ1v) is 9.41. The fourth-order valence-corrected chi connectivity index (χ4v) is 4.08. The molecule has 2 aromatic rings. The van der Waals surface area contributed by atoms with Crippen LogP contribution in [0.25, 0.3) is 5.69 Å². The molecule has 4 rings (SSSR count). The summed E-state index contributed by atoms with van der Waals surface area (Å²) in [5.74, 6) is 0.0729. The number of halogens is 2. The van der Waals surface area contributed by atoms with Gasteiger partial charge in [-0.1, -0.05) is 28.4 Å². The van der Waals surface area contributed by atoms with Crippen LogP contribution in [0.15, 0.2) is 24.4 Å². The van der Waals surface area contributed by atoms with Crippen LogP contribution < -0.4 is 16.0 Å². The molecule has 0 aliphatic carbocycles. The third-order valence-corrected chi connectivity index (χ3v) is 6.02. The topological polar surface area (TPSA) is 83.9 Å². The van der Waals surface area contributed by atoms with Crippen LogP contribution in [0, 0.1) is 5.41 Å². The van der Waals surface area contributed by atoms with Crippen molar-refractivity contribution in [2.75, 3.05) is 19.6 Å². The molecule has 0 radical (unpaired) electrons. The quantitative estimate of drug-likeness (QED) is 0.732. The van der Waals surface area contributed by atoms with Gasteiger partial charge in [-0.3, -0.25) is 10.1 Å². The summed E-state index contributed by atoms with van der Waals surface area (Å²) in [6.07, 6.45) is 3.80. The summed E-state index contributed by atoms with van der Waals surface area (Å²) in [6, 6.07) is 5.10. The monoisotopic (exact) mass is 394 g/mol. The number of carbonyl (C=O) groups excluding carboxylic acids is 1. The Hall–Kier alpha value is -1.67. The lowest BCUT2D eigenvalue weighted by Crippen LogP contribution is -2.51. The summed E-state index contributed by atoms with van der Waals surface area (Å²) >= 11 is 12.0. The molecule has 2 aliphatic rings. The maximum atomic E-state index is 12.3. The number of rotatable bonds is 4. The van der Waals surface area contributed by atoms with E-state index in [0.29, 0.717) is 16.6 Å². The molecule has 1 aromatic heterocycles. The summed E-state index contributed by atoms with van der Waals surface area (Å²) in [4.78, 5) is 12.3. The fourth-order valence-electron chi connectivity index (χ4n) is 3.78. The number of hydrogen-bond acceptors (Lipinski definition) is 5. The Morgan fingerprint density at radius 2 is 2.08 bits per heavy atom. The van der Waals surface area contributed by atoms with Gasteiger partial charge in [0.05, 0.1) is 33.7 Å². The van der Waals surface area contributed by atoms with E-state index in [2.05, 4.69) is 26.3 Å². The van der Waals surface area contributed by atoms with Crippen molar-refractivity contribution in [2.24, 2.45) is 5.41 Å². The molecule has 1 unspecified atom stereocenters. The maximum absolute atomic E-state index is 12.3. The first kappa shape index (κ1) is 17.7. The number of benzene rings is 1. The molecule has 2 saturated heterocycles. The Bertz CT molecular complexity index is 817. The molecule has 1 amide bonds. The van der Waals surface area contributed by atoms with Crippen molar-refractivity contribution >= 4 is 29.1 Å². The van der Waals surface area contributed by atoms with E-state index in [-0.39, 0.29) is 17.4 Å². The van der Waals surface area contributed by atoms with Crippen molar-refractivity contribution in [2.45, 2.75) is 25.4 Å². The molecular weight excluding hydrogens is 375 g/mol. The highest BCUT2D eigenvalue weighted by Crippen LogP contribution is 2.36. The lowest BCUT2D eigenvalue weighted by Gasteiger charge is -2.37. The van der Waals surface area contributed by atoms with Crippen molar-refractivity contribution in [3.63, 3.8) is 0 Å². The Morgan fingerprint density at radius 3 is 2.85 bits per heavy atom. The van der Waals surface area contributed by atoms with Gasteiger partial charge in [-0.25, -0.2) is 4.68 Å². The molecule has 1 spiro atoms. The third kappa shape index (κ3) is 3.32. The minimum atomic E-state index is -0.195. The van der Waals surface area contributed by atoms with Gasteiger partial charge in [0.15, 0.2) is 0 Å². The fraction of sp³-hybridized carbons (Fsp3) is 0.471.